The molecule has 0 aliphatic carbocycles. The molecule has 0 radical (unpaired) electrons. The monoisotopic (exact) mass is 165 g/mol. The van der Waals surface area contributed by atoms with Gasteiger partial charge < -0.3 is 10.5 Å². The molecule has 0 saturated carbocycles. The fraction of sp³-hybridized carbons (Fsp3) is 0.250. The summed E-state index contributed by atoms with van der Waals surface area (Å²) in [5.41, 5.74) is 5.99. The number of nitrogens with two attached hydrogens (primary N) is 1. The van der Waals surface area contributed by atoms with E-state index in [2.05, 4.69) is 4.98 Å². The number of methoxy groups -OCH3 is 1. The van der Waals surface area contributed by atoms with Gasteiger partial charge in [0.05, 0.1) is 19.1 Å². The third-order valence-corrected chi connectivity index (χ3v) is 1.40. The molecule has 0 saturated heterocycles. The topological polar surface area (TPSA) is 72.0 Å². The molecule has 0 unspecified atom stereocenters. The van der Waals surface area contributed by atoms with Crippen molar-refractivity contribution in [1.82, 2.24) is 4.98 Å². The van der Waals surface area contributed by atoms with Gasteiger partial charge in [0.1, 0.15) is 5.75 Å². The summed E-state index contributed by atoms with van der Waals surface area (Å²) < 4.78 is 4.93. The Hall–Kier alpha value is -1.58. The van der Waals surface area contributed by atoms with Gasteiger partial charge in [-0.3, -0.25) is 10.4 Å². The highest BCUT2D eigenvalue weighted by molar-refractivity contribution is 5.78. The quantitative estimate of drug-likeness (QED) is 0.508. The van der Waals surface area contributed by atoms with Crippen LogP contribution >= 0.6 is 0 Å². The average molecular weight is 165 g/mol. The number of amidine groups is 1. The molecule has 4 heteroatoms. The van der Waals surface area contributed by atoms with Crippen molar-refractivity contribution in [2.45, 2.75) is 6.42 Å². The van der Waals surface area contributed by atoms with E-state index in [0.717, 1.165) is 5.69 Å². The summed E-state index contributed by atoms with van der Waals surface area (Å²) in [6.45, 7) is 0. The third kappa shape index (κ3) is 2.23. The molecule has 0 aromatic carbocycles. The zero-order valence-corrected chi connectivity index (χ0v) is 6.87. The Morgan fingerprint density at radius 2 is 2.42 bits per heavy atom. The number of nitrogens with one attached hydrogen (secondary N) is 1. The SMILES string of the molecule is COc1ccc(CC(=N)N)nc1. The number of nitrogens with zero attached hydrogens (tertiary/aromatic N) is 1. The number of aromatic nitrogens is 1. The Morgan fingerprint density at radius 1 is 1.67 bits per heavy atom. The first-order chi connectivity index (χ1) is 5.72. The van der Waals surface area contributed by atoms with Gasteiger partial charge in [-0.05, 0) is 12.1 Å². The van der Waals surface area contributed by atoms with Gasteiger partial charge in [-0.2, -0.15) is 0 Å². The van der Waals surface area contributed by atoms with Crippen LogP contribution in [0.5, 0.6) is 5.75 Å². The molecule has 0 spiro atoms. The zero-order valence-electron chi connectivity index (χ0n) is 6.87. The van der Waals surface area contributed by atoms with Gasteiger partial charge in [0.15, 0.2) is 0 Å². The van der Waals surface area contributed by atoms with Crippen LogP contribution < -0.4 is 10.5 Å². The number of ether oxygens (including phenoxy) is 1. The average Bonchev–Trinajstić information content (AvgIpc) is 2.05. The van der Waals surface area contributed by atoms with Crippen LogP contribution in [0.15, 0.2) is 18.3 Å². The van der Waals surface area contributed by atoms with Crippen molar-refractivity contribution >= 4 is 5.84 Å². The molecule has 64 valence electrons. The molecule has 1 rings (SSSR count). The summed E-state index contributed by atoms with van der Waals surface area (Å²) in [6, 6.07) is 3.59. The Kier molecular flexibility index (Phi) is 2.63. The lowest BCUT2D eigenvalue weighted by Gasteiger charge is -2.00. The zero-order chi connectivity index (χ0) is 8.97. The molecule has 12 heavy (non-hydrogen) atoms. The van der Waals surface area contributed by atoms with E-state index < -0.39 is 0 Å². The van der Waals surface area contributed by atoms with Crippen LogP contribution in [0.3, 0.4) is 0 Å². The molecule has 4 nitrogen and oxygen atoms in total. The van der Waals surface area contributed by atoms with Crippen molar-refractivity contribution < 1.29 is 4.74 Å². The number of hydrogen-bond donors (Lipinski definition) is 2. The van der Waals surface area contributed by atoms with Gasteiger partial charge in [0.25, 0.3) is 0 Å². The van der Waals surface area contributed by atoms with E-state index >= 15 is 0 Å². The fourth-order valence-electron chi connectivity index (χ4n) is 0.831. The van der Waals surface area contributed by atoms with Gasteiger partial charge in [0, 0.05) is 12.1 Å². The van der Waals surface area contributed by atoms with E-state index in [1.807, 2.05) is 0 Å². The molecule has 1 aromatic rings. The Bertz CT molecular complexity index is 268. The van der Waals surface area contributed by atoms with E-state index in [-0.39, 0.29) is 5.84 Å². The van der Waals surface area contributed by atoms with Crippen LogP contribution in [-0.2, 0) is 6.42 Å². The first-order valence-electron chi connectivity index (χ1n) is 3.54. The molecule has 0 atom stereocenters. The maximum absolute atomic E-state index is 7.04. The number of pyridine rings is 1. The summed E-state index contributed by atoms with van der Waals surface area (Å²) in [5.74, 6) is 0.829. The summed E-state index contributed by atoms with van der Waals surface area (Å²) in [4.78, 5) is 4.04. The lowest BCUT2D eigenvalue weighted by atomic mass is 10.2. The molecule has 1 aromatic heterocycles. The molecule has 0 aliphatic rings. The second-order valence-electron chi connectivity index (χ2n) is 2.39. The normalized spacial score (nSPS) is 9.42. The highest BCUT2D eigenvalue weighted by Crippen LogP contribution is 2.07. The van der Waals surface area contributed by atoms with E-state index in [0.29, 0.717) is 12.2 Å². The van der Waals surface area contributed by atoms with Gasteiger partial charge in [-0.25, -0.2) is 0 Å². The smallest absolute Gasteiger partial charge is 0.137 e. The lowest BCUT2D eigenvalue weighted by Crippen LogP contribution is -2.13. The van der Waals surface area contributed by atoms with Gasteiger partial charge >= 0.3 is 0 Å². The molecular weight excluding hydrogens is 154 g/mol. The van der Waals surface area contributed by atoms with E-state index in [1.54, 1.807) is 25.4 Å². The van der Waals surface area contributed by atoms with Gasteiger partial charge in [0.2, 0.25) is 0 Å². The highest BCUT2D eigenvalue weighted by Gasteiger charge is 1.96. The molecule has 0 aliphatic heterocycles. The minimum absolute atomic E-state index is 0.118. The first-order valence-corrected chi connectivity index (χ1v) is 3.54. The van der Waals surface area contributed by atoms with Crippen LogP contribution in [-0.4, -0.2) is 17.9 Å². The lowest BCUT2D eigenvalue weighted by molar-refractivity contribution is 0.412. The van der Waals surface area contributed by atoms with E-state index in [4.69, 9.17) is 15.9 Å². The number of hydrogen-bond acceptors (Lipinski definition) is 3. The maximum Gasteiger partial charge on any atom is 0.137 e. The van der Waals surface area contributed by atoms with Crippen LogP contribution in [0.25, 0.3) is 0 Å². The largest absolute Gasteiger partial charge is 0.495 e. The minimum Gasteiger partial charge on any atom is -0.495 e. The molecule has 0 fully saturated rings. The van der Waals surface area contributed by atoms with Crippen molar-refractivity contribution in [3.05, 3.63) is 24.0 Å². The molecular formula is C8H11N3O. The second kappa shape index (κ2) is 3.71. The molecule has 0 bridgehead atoms. The predicted molar refractivity (Wildman–Crippen MR) is 46.4 cm³/mol. The standard InChI is InChI=1S/C8H11N3O/c1-12-7-3-2-6(11-5-7)4-8(9)10/h2-3,5H,4H2,1H3,(H3,9,10). The minimum atomic E-state index is 0.118. The van der Waals surface area contributed by atoms with Crippen LogP contribution in [0.4, 0.5) is 0 Å². The van der Waals surface area contributed by atoms with Crippen molar-refractivity contribution in [2.24, 2.45) is 5.73 Å². The van der Waals surface area contributed by atoms with E-state index in [1.165, 1.54) is 0 Å². The highest BCUT2D eigenvalue weighted by atomic mass is 16.5. The van der Waals surface area contributed by atoms with Crippen molar-refractivity contribution in [1.29, 1.82) is 5.41 Å². The van der Waals surface area contributed by atoms with Crippen molar-refractivity contribution in [3.63, 3.8) is 0 Å². The number of rotatable bonds is 3. The fourth-order valence-corrected chi connectivity index (χ4v) is 0.831. The summed E-state index contributed by atoms with van der Waals surface area (Å²) in [5, 5.41) is 7.04. The second-order valence-corrected chi connectivity index (χ2v) is 2.39. The molecule has 3 N–H and O–H groups in total. The van der Waals surface area contributed by atoms with Gasteiger partial charge in [-0.15, -0.1) is 0 Å². The van der Waals surface area contributed by atoms with Crippen LogP contribution in [0.2, 0.25) is 0 Å². The molecule has 1 heterocycles. The van der Waals surface area contributed by atoms with Crippen molar-refractivity contribution in [3.8, 4) is 5.75 Å². The Morgan fingerprint density at radius 3 is 2.83 bits per heavy atom. The summed E-state index contributed by atoms with van der Waals surface area (Å²) >= 11 is 0. The first kappa shape index (κ1) is 8.52. The van der Waals surface area contributed by atoms with E-state index in [9.17, 15) is 0 Å². The summed E-state index contributed by atoms with van der Waals surface area (Å²) in [6.07, 6.45) is 2.00. The van der Waals surface area contributed by atoms with Crippen molar-refractivity contribution in [2.75, 3.05) is 7.11 Å². The Labute approximate surface area is 70.9 Å². The van der Waals surface area contributed by atoms with Gasteiger partial charge in [-0.1, -0.05) is 0 Å². The van der Waals surface area contributed by atoms with Crippen LogP contribution in [0, 0.1) is 5.41 Å². The third-order valence-electron chi connectivity index (χ3n) is 1.40. The Balaban J connectivity index is 2.71. The van der Waals surface area contributed by atoms with Crippen LogP contribution in [0.1, 0.15) is 5.69 Å². The maximum atomic E-state index is 7.04. The molecule has 0 amide bonds. The predicted octanol–water partition coefficient (Wildman–Crippen LogP) is 0.569. The summed E-state index contributed by atoms with van der Waals surface area (Å²) in [7, 11) is 1.58.